The van der Waals surface area contributed by atoms with E-state index in [-0.39, 0.29) is 23.7 Å². The minimum absolute atomic E-state index is 0.0653. The first-order valence-electron chi connectivity index (χ1n) is 7.35. The fourth-order valence-corrected chi connectivity index (χ4v) is 2.12. The number of anilines is 1. The highest BCUT2D eigenvalue weighted by atomic mass is 35.5. The zero-order valence-electron chi connectivity index (χ0n) is 13.6. The predicted molar refractivity (Wildman–Crippen MR) is 91.6 cm³/mol. The van der Waals surface area contributed by atoms with Gasteiger partial charge in [0.15, 0.2) is 11.5 Å². The van der Waals surface area contributed by atoms with E-state index in [0.717, 1.165) is 11.6 Å². The van der Waals surface area contributed by atoms with Gasteiger partial charge in [-0.15, -0.1) is 0 Å². The summed E-state index contributed by atoms with van der Waals surface area (Å²) in [4.78, 5) is 23.8. The normalized spacial score (nSPS) is 10.3. The molecular formula is C17H15ClF2N2O4. The van der Waals surface area contributed by atoms with Gasteiger partial charge in [0.05, 0.1) is 7.11 Å². The number of hydrogen-bond donors (Lipinski definition) is 2. The number of rotatable bonds is 6. The number of methoxy groups -OCH3 is 1. The number of alkyl halides is 2. The molecule has 0 saturated carbocycles. The molecule has 0 atom stereocenters. The molecule has 0 spiro atoms. The van der Waals surface area contributed by atoms with E-state index in [1.807, 2.05) is 0 Å². The van der Waals surface area contributed by atoms with Crippen LogP contribution in [-0.2, 0) is 16.1 Å². The maximum atomic E-state index is 12.4. The van der Waals surface area contributed by atoms with Crippen LogP contribution >= 0.6 is 11.6 Å². The summed E-state index contributed by atoms with van der Waals surface area (Å²) in [5.41, 5.74) is 0.862. The molecule has 0 aliphatic carbocycles. The molecule has 6 nitrogen and oxygen atoms in total. The van der Waals surface area contributed by atoms with Crippen molar-refractivity contribution < 1.29 is 27.8 Å². The van der Waals surface area contributed by atoms with Gasteiger partial charge in [-0.2, -0.15) is 8.78 Å². The number of halogens is 3. The van der Waals surface area contributed by atoms with E-state index in [2.05, 4.69) is 15.4 Å². The number of hydrogen-bond acceptors (Lipinski definition) is 4. The van der Waals surface area contributed by atoms with E-state index < -0.39 is 18.4 Å². The molecule has 0 aromatic heterocycles. The summed E-state index contributed by atoms with van der Waals surface area (Å²) in [7, 11) is 1.29. The Morgan fingerprint density at radius 3 is 2.38 bits per heavy atom. The Morgan fingerprint density at radius 2 is 1.77 bits per heavy atom. The summed E-state index contributed by atoms with van der Waals surface area (Å²) in [5, 5.41) is 5.29. The SMILES string of the molecule is COc1ccc(NC(=O)C(=O)NCc2ccc(Cl)cc2)cc1OC(F)F. The second-order valence-electron chi connectivity index (χ2n) is 5.01. The molecule has 2 N–H and O–H groups in total. The fraction of sp³-hybridized carbons (Fsp3) is 0.176. The van der Waals surface area contributed by atoms with Gasteiger partial charge in [-0.3, -0.25) is 9.59 Å². The molecule has 0 bridgehead atoms. The second kappa shape index (κ2) is 9.00. The van der Waals surface area contributed by atoms with Gasteiger partial charge in [-0.25, -0.2) is 0 Å². The Hall–Kier alpha value is -2.87. The fourth-order valence-electron chi connectivity index (χ4n) is 2.00. The van der Waals surface area contributed by atoms with Crippen molar-refractivity contribution in [3.05, 3.63) is 53.1 Å². The largest absolute Gasteiger partial charge is 0.493 e. The molecule has 0 saturated heterocycles. The number of ether oxygens (including phenoxy) is 2. The quantitative estimate of drug-likeness (QED) is 0.750. The molecule has 9 heteroatoms. The van der Waals surface area contributed by atoms with Gasteiger partial charge in [0.2, 0.25) is 0 Å². The van der Waals surface area contributed by atoms with Gasteiger partial charge < -0.3 is 20.1 Å². The molecule has 2 aromatic carbocycles. The smallest absolute Gasteiger partial charge is 0.387 e. The zero-order chi connectivity index (χ0) is 19.1. The van der Waals surface area contributed by atoms with E-state index >= 15 is 0 Å². The summed E-state index contributed by atoms with van der Waals surface area (Å²) in [6.07, 6.45) is 0. The van der Waals surface area contributed by atoms with Crippen LogP contribution in [0.2, 0.25) is 5.02 Å². The highest BCUT2D eigenvalue weighted by Gasteiger charge is 2.16. The van der Waals surface area contributed by atoms with Gasteiger partial charge in [-0.1, -0.05) is 23.7 Å². The lowest BCUT2D eigenvalue weighted by Gasteiger charge is -2.12. The minimum Gasteiger partial charge on any atom is -0.493 e. The maximum Gasteiger partial charge on any atom is 0.387 e. The van der Waals surface area contributed by atoms with Gasteiger partial charge >= 0.3 is 18.4 Å². The van der Waals surface area contributed by atoms with Crippen LogP contribution in [-0.4, -0.2) is 25.5 Å². The Labute approximate surface area is 153 Å². The van der Waals surface area contributed by atoms with Gasteiger partial charge in [0.1, 0.15) is 0 Å². The second-order valence-corrected chi connectivity index (χ2v) is 5.44. The number of carbonyl (C=O) groups is 2. The Kier molecular flexibility index (Phi) is 6.74. The van der Waals surface area contributed by atoms with Crippen molar-refractivity contribution in [1.82, 2.24) is 5.32 Å². The number of benzene rings is 2. The van der Waals surface area contributed by atoms with Crippen LogP contribution in [0.1, 0.15) is 5.56 Å². The van der Waals surface area contributed by atoms with Crippen molar-refractivity contribution in [2.24, 2.45) is 0 Å². The summed E-state index contributed by atoms with van der Waals surface area (Å²) in [6, 6.07) is 10.6. The van der Waals surface area contributed by atoms with Crippen LogP contribution < -0.4 is 20.1 Å². The van der Waals surface area contributed by atoms with Crippen molar-refractivity contribution in [3.8, 4) is 11.5 Å². The monoisotopic (exact) mass is 384 g/mol. The molecule has 0 radical (unpaired) electrons. The first kappa shape index (κ1) is 19.5. The van der Waals surface area contributed by atoms with E-state index in [0.29, 0.717) is 5.02 Å². The first-order valence-corrected chi connectivity index (χ1v) is 7.73. The van der Waals surface area contributed by atoms with Crippen LogP contribution in [0.25, 0.3) is 0 Å². The molecule has 0 fully saturated rings. The lowest BCUT2D eigenvalue weighted by molar-refractivity contribution is -0.136. The van der Waals surface area contributed by atoms with Gasteiger partial charge in [0.25, 0.3) is 0 Å². The van der Waals surface area contributed by atoms with E-state index in [1.165, 1.54) is 19.2 Å². The Bertz CT molecular complexity index is 785. The van der Waals surface area contributed by atoms with Crippen molar-refractivity contribution in [2.75, 3.05) is 12.4 Å². The minimum atomic E-state index is -3.06. The zero-order valence-corrected chi connectivity index (χ0v) is 14.3. The lowest BCUT2D eigenvalue weighted by atomic mass is 10.2. The molecule has 2 amide bonds. The van der Waals surface area contributed by atoms with E-state index in [4.69, 9.17) is 16.3 Å². The van der Waals surface area contributed by atoms with Crippen LogP contribution in [0.5, 0.6) is 11.5 Å². The number of nitrogens with one attached hydrogen (secondary N) is 2. The van der Waals surface area contributed by atoms with Crippen molar-refractivity contribution >= 4 is 29.1 Å². The summed E-state index contributed by atoms with van der Waals surface area (Å²) < 4.78 is 34.0. The summed E-state index contributed by atoms with van der Waals surface area (Å²) in [5.74, 6) is -2.03. The summed E-state index contributed by atoms with van der Waals surface area (Å²) >= 11 is 5.76. The summed E-state index contributed by atoms with van der Waals surface area (Å²) in [6.45, 7) is -2.93. The Morgan fingerprint density at radius 1 is 1.08 bits per heavy atom. The molecule has 0 aliphatic rings. The predicted octanol–water partition coefficient (Wildman–Crippen LogP) is 3.20. The molecule has 2 aromatic rings. The van der Waals surface area contributed by atoms with Crippen LogP contribution in [0.15, 0.2) is 42.5 Å². The van der Waals surface area contributed by atoms with Gasteiger partial charge in [0, 0.05) is 23.3 Å². The van der Waals surface area contributed by atoms with Gasteiger partial charge in [-0.05, 0) is 29.8 Å². The average Bonchev–Trinajstić information content (AvgIpc) is 2.60. The topological polar surface area (TPSA) is 76.7 Å². The molecule has 0 aliphatic heterocycles. The highest BCUT2D eigenvalue weighted by Crippen LogP contribution is 2.31. The number of amides is 2. The van der Waals surface area contributed by atoms with Crippen LogP contribution in [0.3, 0.4) is 0 Å². The molecule has 0 heterocycles. The molecule has 138 valence electrons. The average molecular weight is 385 g/mol. The highest BCUT2D eigenvalue weighted by molar-refractivity contribution is 6.39. The lowest BCUT2D eigenvalue weighted by Crippen LogP contribution is -2.34. The molecule has 2 rings (SSSR count). The standard InChI is InChI=1S/C17H15ClF2N2O4/c1-25-13-7-6-12(8-14(13)26-17(19)20)22-16(24)15(23)21-9-10-2-4-11(18)5-3-10/h2-8,17H,9H2,1H3,(H,21,23)(H,22,24). The Balaban J connectivity index is 1.97. The number of carbonyl (C=O) groups excluding carboxylic acids is 2. The first-order chi connectivity index (χ1) is 12.4. The third-order valence-electron chi connectivity index (χ3n) is 3.21. The third-order valence-corrected chi connectivity index (χ3v) is 3.46. The van der Waals surface area contributed by atoms with Crippen molar-refractivity contribution in [3.63, 3.8) is 0 Å². The van der Waals surface area contributed by atoms with E-state index in [1.54, 1.807) is 24.3 Å². The molecular weight excluding hydrogens is 370 g/mol. The van der Waals surface area contributed by atoms with Crippen molar-refractivity contribution in [2.45, 2.75) is 13.2 Å². The van der Waals surface area contributed by atoms with E-state index in [9.17, 15) is 18.4 Å². The third kappa shape index (κ3) is 5.59. The maximum absolute atomic E-state index is 12.4. The molecule has 0 unspecified atom stereocenters. The van der Waals surface area contributed by atoms with Crippen LogP contribution in [0.4, 0.5) is 14.5 Å². The molecule has 26 heavy (non-hydrogen) atoms. The van der Waals surface area contributed by atoms with Crippen molar-refractivity contribution in [1.29, 1.82) is 0 Å². The van der Waals surface area contributed by atoms with Crippen LogP contribution in [0, 0.1) is 0 Å².